The van der Waals surface area contributed by atoms with Crippen LogP contribution in [0, 0.1) is 0 Å². The van der Waals surface area contributed by atoms with Crippen molar-refractivity contribution < 1.29 is 5.21 Å². The molecule has 2 rings (SSSR count). The lowest BCUT2D eigenvalue weighted by molar-refractivity contribution is 0.254. The van der Waals surface area contributed by atoms with Gasteiger partial charge in [0.1, 0.15) is 0 Å². The molecule has 0 spiro atoms. The summed E-state index contributed by atoms with van der Waals surface area (Å²) in [5.74, 6) is 0. The first-order valence-corrected chi connectivity index (χ1v) is 6.06. The molecule has 2 nitrogen and oxygen atoms in total. The monoisotopic (exact) mass is 217 g/mol. The topological polar surface area (TPSA) is 32.3 Å². The molecule has 2 N–H and O–H groups in total. The molecule has 0 aliphatic rings. The van der Waals surface area contributed by atoms with Gasteiger partial charge in [-0.2, -0.15) is 5.25 Å². The highest BCUT2D eigenvalue weighted by molar-refractivity contribution is 7.70. The van der Waals surface area contributed by atoms with Gasteiger partial charge in [0.25, 0.3) is 0 Å². The van der Waals surface area contributed by atoms with E-state index in [9.17, 15) is 5.21 Å². The maximum absolute atomic E-state index is 9.21. The van der Waals surface area contributed by atoms with E-state index in [1.54, 1.807) is 0 Å². The SMILES string of the molecule is ONP(c1ccccc1)c1ccccc1. The second kappa shape index (κ2) is 5.04. The summed E-state index contributed by atoms with van der Waals surface area (Å²) in [5, 5.41) is 13.8. The molecule has 0 saturated carbocycles. The number of rotatable bonds is 3. The van der Waals surface area contributed by atoms with Crippen LogP contribution >= 0.6 is 8.07 Å². The Morgan fingerprint density at radius 1 is 0.733 bits per heavy atom. The molecule has 0 bridgehead atoms. The van der Waals surface area contributed by atoms with Crippen LogP contribution in [-0.4, -0.2) is 5.21 Å². The highest BCUT2D eigenvalue weighted by Crippen LogP contribution is 2.26. The molecule has 0 saturated heterocycles. The van der Waals surface area contributed by atoms with Crippen LogP contribution in [0.4, 0.5) is 0 Å². The Kier molecular flexibility index (Phi) is 3.46. The second-order valence-electron chi connectivity index (χ2n) is 3.11. The summed E-state index contributed by atoms with van der Waals surface area (Å²) in [6.07, 6.45) is 0. The Balaban J connectivity index is 2.34. The molecule has 0 amide bonds. The maximum atomic E-state index is 9.21. The Labute approximate surface area is 90.3 Å². The summed E-state index contributed by atoms with van der Waals surface area (Å²) in [5.41, 5.74) is 0. The number of hydrogen-bond donors (Lipinski definition) is 2. The minimum atomic E-state index is -0.843. The molecule has 0 fully saturated rings. The van der Waals surface area contributed by atoms with E-state index < -0.39 is 8.07 Å². The number of nitrogens with one attached hydrogen (secondary N) is 1. The summed E-state index contributed by atoms with van der Waals surface area (Å²) in [7, 11) is -0.843. The highest BCUT2D eigenvalue weighted by atomic mass is 31.1. The maximum Gasteiger partial charge on any atom is 0.0520 e. The molecular formula is C12H12NOP. The highest BCUT2D eigenvalue weighted by Gasteiger charge is 2.11. The summed E-state index contributed by atoms with van der Waals surface area (Å²) >= 11 is 0. The Morgan fingerprint density at radius 2 is 1.13 bits per heavy atom. The number of hydrogen-bond acceptors (Lipinski definition) is 2. The van der Waals surface area contributed by atoms with E-state index >= 15 is 0 Å². The zero-order valence-corrected chi connectivity index (χ0v) is 9.06. The summed E-state index contributed by atoms with van der Waals surface area (Å²) in [6, 6.07) is 19.9. The first-order chi connectivity index (χ1) is 7.42. The van der Waals surface area contributed by atoms with Crippen molar-refractivity contribution >= 4 is 18.7 Å². The van der Waals surface area contributed by atoms with E-state index in [1.807, 2.05) is 60.7 Å². The van der Waals surface area contributed by atoms with E-state index in [2.05, 4.69) is 5.25 Å². The quantitative estimate of drug-likeness (QED) is 0.609. The van der Waals surface area contributed by atoms with E-state index in [0.717, 1.165) is 10.6 Å². The van der Waals surface area contributed by atoms with E-state index in [-0.39, 0.29) is 0 Å². The van der Waals surface area contributed by atoms with Gasteiger partial charge in [0, 0.05) is 0 Å². The molecule has 3 heteroatoms. The van der Waals surface area contributed by atoms with Gasteiger partial charge in [0.05, 0.1) is 8.07 Å². The van der Waals surface area contributed by atoms with Gasteiger partial charge in [-0.3, -0.25) is 0 Å². The molecule has 2 aromatic carbocycles. The van der Waals surface area contributed by atoms with Crippen LogP contribution in [0.5, 0.6) is 0 Å². The van der Waals surface area contributed by atoms with Gasteiger partial charge in [-0.05, 0) is 10.6 Å². The van der Waals surface area contributed by atoms with Crippen molar-refractivity contribution in [3.8, 4) is 0 Å². The lowest BCUT2D eigenvalue weighted by Gasteiger charge is -2.15. The summed E-state index contributed by atoms with van der Waals surface area (Å²) in [4.78, 5) is 0. The van der Waals surface area contributed by atoms with E-state index in [4.69, 9.17) is 0 Å². The smallest absolute Gasteiger partial charge is 0.0520 e. The van der Waals surface area contributed by atoms with Crippen LogP contribution in [0.2, 0.25) is 0 Å². The van der Waals surface area contributed by atoms with Crippen molar-refractivity contribution in [2.24, 2.45) is 0 Å². The Hall–Kier alpha value is -1.21. The normalized spacial score (nSPS) is 10.5. The van der Waals surface area contributed by atoms with Gasteiger partial charge < -0.3 is 5.21 Å². The van der Waals surface area contributed by atoms with Gasteiger partial charge in [0.15, 0.2) is 0 Å². The molecule has 0 aliphatic heterocycles. The zero-order chi connectivity index (χ0) is 10.5. The predicted octanol–water partition coefficient (Wildman–Crippen LogP) is 2.01. The lowest BCUT2D eigenvalue weighted by Crippen LogP contribution is -2.20. The van der Waals surface area contributed by atoms with Crippen LogP contribution in [0.15, 0.2) is 60.7 Å². The first-order valence-electron chi connectivity index (χ1n) is 4.72. The number of benzene rings is 2. The largest absolute Gasteiger partial charge is 0.312 e. The van der Waals surface area contributed by atoms with Crippen molar-refractivity contribution in [1.82, 2.24) is 5.25 Å². The molecule has 0 radical (unpaired) electrons. The summed E-state index contributed by atoms with van der Waals surface area (Å²) in [6.45, 7) is 0. The summed E-state index contributed by atoms with van der Waals surface area (Å²) < 4.78 is 0. The van der Waals surface area contributed by atoms with Crippen LogP contribution in [0.25, 0.3) is 0 Å². The van der Waals surface area contributed by atoms with Crippen molar-refractivity contribution in [2.75, 3.05) is 0 Å². The van der Waals surface area contributed by atoms with E-state index in [0.29, 0.717) is 0 Å². The van der Waals surface area contributed by atoms with Gasteiger partial charge >= 0.3 is 0 Å². The minimum Gasteiger partial charge on any atom is -0.312 e. The van der Waals surface area contributed by atoms with Crippen molar-refractivity contribution in [1.29, 1.82) is 0 Å². The fraction of sp³-hybridized carbons (Fsp3) is 0. The van der Waals surface area contributed by atoms with E-state index in [1.165, 1.54) is 0 Å². The molecule has 76 valence electrons. The van der Waals surface area contributed by atoms with Gasteiger partial charge in [0.2, 0.25) is 0 Å². The molecule has 0 atom stereocenters. The first kappa shape index (κ1) is 10.3. The molecule has 0 unspecified atom stereocenters. The van der Waals surface area contributed by atoms with Crippen molar-refractivity contribution in [2.45, 2.75) is 0 Å². The average Bonchev–Trinajstić information content (AvgIpc) is 2.33. The van der Waals surface area contributed by atoms with Crippen molar-refractivity contribution in [3.05, 3.63) is 60.7 Å². The minimum absolute atomic E-state index is 0.843. The second-order valence-corrected chi connectivity index (χ2v) is 5.01. The fourth-order valence-electron chi connectivity index (χ4n) is 1.42. The zero-order valence-electron chi connectivity index (χ0n) is 8.17. The molecular weight excluding hydrogens is 205 g/mol. The van der Waals surface area contributed by atoms with Crippen molar-refractivity contribution in [3.63, 3.8) is 0 Å². The molecule has 15 heavy (non-hydrogen) atoms. The molecule has 0 aliphatic carbocycles. The molecule has 0 heterocycles. The van der Waals surface area contributed by atoms with Gasteiger partial charge in [-0.25, -0.2) is 0 Å². The third kappa shape index (κ3) is 2.42. The Bertz CT molecular complexity index is 365. The van der Waals surface area contributed by atoms with Crippen LogP contribution < -0.4 is 15.9 Å². The van der Waals surface area contributed by atoms with Crippen LogP contribution in [0.3, 0.4) is 0 Å². The van der Waals surface area contributed by atoms with Crippen LogP contribution in [-0.2, 0) is 0 Å². The Morgan fingerprint density at radius 3 is 1.47 bits per heavy atom. The van der Waals surface area contributed by atoms with Gasteiger partial charge in [-0.1, -0.05) is 60.7 Å². The standard InChI is InChI=1S/C12H12NOP/c14-13-15(11-7-3-1-4-8-11)12-9-5-2-6-10-12/h1-10,13-14H. The molecule has 0 aromatic heterocycles. The lowest BCUT2D eigenvalue weighted by atomic mass is 10.4. The van der Waals surface area contributed by atoms with Gasteiger partial charge in [-0.15, -0.1) is 0 Å². The third-order valence-corrected chi connectivity index (χ3v) is 3.96. The van der Waals surface area contributed by atoms with Crippen LogP contribution in [0.1, 0.15) is 0 Å². The average molecular weight is 217 g/mol. The molecule has 2 aromatic rings. The predicted molar refractivity (Wildman–Crippen MR) is 64.0 cm³/mol. The fourth-order valence-corrected chi connectivity index (χ4v) is 2.89. The third-order valence-electron chi connectivity index (χ3n) is 2.13.